The Morgan fingerprint density at radius 2 is 1.60 bits per heavy atom. The molecule has 0 aliphatic rings. The maximum atomic E-state index is 11.8. The third kappa shape index (κ3) is 3.58. The van der Waals surface area contributed by atoms with E-state index in [-0.39, 0.29) is 0 Å². The number of hydrogen-bond donors (Lipinski definition) is 0. The summed E-state index contributed by atoms with van der Waals surface area (Å²) in [6.07, 6.45) is 0. The van der Waals surface area contributed by atoms with E-state index in [2.05, 4.69) is 4.74 Å². The Kier molecular flexibility index (Phi) is 4.11. The first kappa shape index (κ1) is 14.6. The van der Waals surface area contributed by atoms with E-state index >= 15 is 0 Å². The highest BCUT2D eigenvalue weighted by atomic mass is 32.2. The van der Waals surface area contributed by atoms with Gasteiger partial charge in [-0.2, -0.15) is 8.42 Å². The van der Waals surface area contributed by atoms with E-state index in [4.69, 9.17) is 3.87 Å². The normalized spacial score (nSPS) is 13.7. The topological polar surface area (TPSA) is 69.7 Å². The molecule has 90 valence electrons. The Hall–Kier alpha value is -0.403. The molecule has 5 nitrogen and oxygen atoms in total. The van der Waals surface area contributed by atoms with Crippen LogP contribution in [0.5, 0.6) is 0 Å². The Morgan fingerprint density at radius 1 is 1.20 bits per heavy atom. The lowest BCUT2D eigenvalue weighted by Crippen LogP contribution is -2.46. The highest BCUT2D eigenvalue weighted by Crippen LogP contribution is 2.23. The summed E-state index contributed by atoms with van der Waals surface area (Å²) in [7, 11) is -5.05. The zero-order valence-corrected chi connectivity index (χ0v) is 11.8. The van der Waals surface area contributed by atoms with Crippen LogP contribution in [0.15, 0.2) is 0 Å². The first-order chi connectivity index (χ1) is 6.44. The molecule has 0 atom stereocenters. The van der Waals surface area contributed by atoms with E-state index in [9.17, 15) is 13.2 Å². The zero-order valence-electron chi connectivity index (χ0n) is 9.95. The number of rotatable bonds is 4. The van der Waals surface area contributed by atoms with Gasteiger partial charge in [0.15, 0.2) is 4.75 Å². The molecule has 0 aromatic heterocycles. The van der Waals surface area contributed by atoms with Crippen molar-refractivity contribution in [3.63, 3.8) is 0 Å². The molecule has 0 heterocycles. The van der Waals surface area contributed by atoms with Crippen molar-refractivity contribution in [3.8, 4) is 0 Å². The van der Waals surface area contributed by atoms with Gasteiger partial charge in [0.25, 0.3) is 10.1 Å². The summed E-state index contributed by atoms with van der Waals surface area (Å²) >= 11 is 0. The number of ether oxygens (including phenoxy) is 1. The predicted octanol–water partition coefficient (Wildman–Crippen LogP) is 1.12. The van der Waals surface area contributed by atoms with Gasteiger partial charge < -0.3 is 8.61 Å². The van der Waals surface area contributed by atoms with Crippen LogP contribution in [0.25, 0.3) is 0 Å². The number of methoxy groups -OCH3 is 1. The smallest absolute Gasteiger partial charge is 0.329 e. The van der Waals surface area contributed by atoms with Crippen LogP contribution in [0.2, 0.25) is 19.6 Å². The molecular weight excluding hydrogens is 236 g/mol. The Balaban J connectivity index is 5.13. The molecule has 0 spiro atoms. The standard InChI is InChI=1S/C8H18O5SSi/c1-8(2,7(9)12-3)14(10,11)13-15(4,5)6/h1-6H3. The van der Waals surface area contributed by atoms with Crippen molar-refractivity contribution in [3.05, 3.63) is 0 Å². The molecular formula is C8H18O5SSi. The van der Waals surface area contributed by atoms with E-state index in [1.54, 1.807) is 19.6 Å². The van der Waals surface area contributed by atoms with E-state index in [1.807, 2.05) is 0 Å². The molecule has 0 radical (unpaired) electrons. The van der Waals surface area contributed by atoms with Crippen LogP contribution in [0.3, 0.4) is 0 Å². The summed E-state index contributed by atoms with van der Waals surface area (Å²) < 4.78 is 31.4. The maximum absolute atomic E-state index is 11.8. The van der Waals surface area contributed by atoms with Crippen LogP contribution in [0, 0.1) is 0 Å². The Labute approximate surface area is 92.0 Å². The van der Waals surface area contributed by atoms with Crippen LogP contribution in [0.1, 0.15) is 13.8 Å². The maximum Gasteiger partial charge on any atom is 0.329 e. The van der Waals surface area contributed by atoms with E-state index in [0.717, 1.165) is 7.11 Å². The van der Waals surface area contributed by atoms with Crippen molar-refractivity contribution in [2.45, 2.75) is 38.2 Å². The molecule has 0 unspecified atom stereocenters. The quantitative estimate of drug-likeness (QED) is 0.555. The number of esters is 1. The molecule has 0 aromatic carbocycles. The lowest BCUT2D eigenvalue weighted by atomic mass is 10.2. The third-order valence-corrected chi connectivity index (χ3v) is 5.96. The lowest BCUT2D eigenvalue weighted by molar-refractivity contribution is -0.142. The van der Waals surface area contributed by atoms with Crippen LogP contribution in [-0.2, 0) is 23.5 Å². The van der Waals surface area contributed by atoms with Crippen molar-refractivity contribution in [2.24, 2.45) is 0 Å². The SMILES string of the molecule is COC(=O)C(C)(C)S(=O)(=O)O[Si](C)(C)C. The van der Waals surface area contributed by atoms with Gasteiger partial charge in [0, 0.05) is 0 Å². The van der Waals surface area contributed by atoms with Crippen molar-refractivity contribution in [2.75, 3.05) is 7.11 Å². The van der Waals surface area contributed by atoms with Gasteiger partial charge in [-0.3, -0.25) is 4.79 Å². The molecule has 0 saturated heterocycles. The molecule has 0 fully saturated rings. The van der Waals surface area contributed by atoms with E-state index < -0.39 is 29.2 Å². The van der Waals surface area contributed by atoms with E-state index in [1.165, 1.54) is 13.8 Å². The van der Waals surface area contributed by atoms with Crippen molar-refractivity contribution in [1.82, 2.24) is 0 Å². The van der Waals surface area contributed by atoms with Crippen LogP contribution < -0.4 is 0 Å². The molecule has 0 rings (SSSR count). The fourth-order valence-electron chi connectivity index (χ4n) is 0.781. The Morgan fingerprint density at radius 3 is 1.87 bits per heavy atom. The minimum Gasteiger partial charge on any atom is -0.468 e. The second-order valence-corrected chi connectivity index (χ2v) is 11.5. The van der Waals surface area contributed by atoms with Gasteiger partial charge in [-0.15, -0.1) is 0 Å². The van der Waals surface area contributed by atoms with Crippen molar-refractivity contribution < 1.29 is 21.8 Å². The van der Waals surface area contributed by atoms with Gasteiger partial charge >= 0.3 is 5.97 Å². The highest BCUT2D eigenvalue weighted by molar-refractivity contribution is 7.90. The fourth-order valence-corrected chi connectivity index (χ4v) is 4.53. The number of carbonyl (C=O) groups is 1. The number of carbonyl (C=O) groups excluding carboxylic acids is 1. The largest absolute Gasteiger partial charge is 0.468 e. The molecule has 0 aromatic rings. The predicted molar refractivity (Wildman–Crippen MR) is 59.4 cm³/mol. The number of hydrogen-bond acceptors (Lipinski definition) is 5. The summed E-state index contributed by atoms with van der Waals surface area (Å²) in [5.41, 5.74) is 0. The second kappa shape index (κ2) is 4.23. The third-order valence-electron chi connectivity index (χ3n) is 1.66. The van der Waals surface area contributed by atoms with Gasteiger partial charge in [-0.05, 0) is 33.5 Å². The van der Waals surface area contributed by atoms with Gasteiger partial charge in [0.05, 0.1) is 7.11 Å². The molecule has 0 N–H and O–H groups in total. The van der Waals surface area contributed by atoms with E-state index in [0.29, 0.717) is 0 Å². The van der Waals surface area contributed by atoms with Gasteiger partial charge in [-0.1, -0.05) is 0 Å². The molecule has 0 aliphatic carbocycles. The Bertz CT molecular complexity index is 339. The van der Waals surface area contributed by atoms with Crippen LogP contribution >= 0.6 is 0 Å². The van der Waals surface area contributed by atoms with Gasteiger partial charge in [0.1, 0.15) is 0 Å². The van der Waals surface area contributed by atoms with Gasteiger partial charge in [0.2, 0.25) is 8.32 Å². The molecule has 0 saturated carbocycles. The zero-order chi connectivity index (χ0) is 12.5. The average Bonchev–Trinajstić information content (AvgIpc) is 1.97. The van der Waals surface area contributed by atoms with Crippen LogP contribution in [-0.4, -0.2) is 34.6 Å². The average molecular weight is 254 g/mol. The molecule has 7 heteroatoms. The highest BCUT2D eigenvalue weighted by Gasteiger charge is 2.46. The first-order valence-electron chi connectivity index (χ1n) is 4.47. The van der Waals surface area contributed by atoms with Crippen molar-refractivity contribution in [1.29, 1.82) is 0 Å². The summed E-state index contributed by atoms with van der Waals surface area (Å²) in [6, 6.07) is 0. The summed E-state index contributed by atoms with van der Waals surface area (Å²) in [5.74, 6) is -0.819. The van der Waals surface area contributed by atoms with Crippen molar-refractivity contribution >= 4 is 24.4 Å². The molecule has 15 heavy (non-hydrogen) atoms. The van der Waals surface area contributed by atoms with Crippen LogP contribution in [0.4, 0.5) is 0 Å². The molecule has 0 aliphatic heterocycles. The monoisotopic (exact) mass is 254 g/mol. The lowest BCUT2D eigenvalue weighted by Gasteiger charge is -2.26. The molecule has 0 amide bonds. The molecule has 0 bridgehead atoms. The first-order valence-corrected chi connectivity index (χ1v) is 9.29. The minimum absolute atomic E-state index is 0.819. The fraction of sp³-hybridized carbons (Fsp3) is 0.875. The minimum atomic E-state index is -3.94. The summed E-state index contributed by atoms with van der Waals surface area (Å²) in [6.45, 7) is 7.75. The van der Waals surface area contributed by atoms with Gasteiger partial charge in [-0.25, -0.2) is 0 Å². The summed E-state index contributed by atoms with van der Waals surface area (Å²) in [5, 5.41) is 0. The second-order valence-electron chi connectivity index (χ2n) is 4.65. The summed E-state index contributed by atoms with van der Waals surface area (Å²) in [4.78, 5) is 11.3.